The van der Waals surface area contributed by atoms with Crippen molar-refractivity contribution in [3.63, 3.8) is 0 Å². The molecule has 1 aliphatic heterocycles. The molecule has 0 amide bonds. The summed E-state index contributed by atoms with van der Waals surface area (Å²) in [5.41, 5.74) is 3.00. The Morgan fingerprint density at radius 2 is 1.41 bits per heavy atom. The van der Waals surface area contributed by atoms with Crippen molar-refractivity contribution in [2.75, 3.05) is 31.1 Å². The molecule has 0 aromatic heterocycles. The minimum Gasteiger partial charge on any atom is -0.475 e. The second-order valence-corrected chi connectivity index (χ2v) is 6.44. The number of benzene rings is 2. The molecular weight excluding hydrogens is 389 g/mol. The van der Waals surface area contributed by atoms with E-state index in [1.807, 2.05) is 18.2 Å². The first-order valence-corrected chi connectivity index (χ1v) is 8.79. The van der Waals surface area contributed by atoms with E-state index >= 15 is 0 Å². The van der Waals surface area contributed by atoms with Crippen LogP contribution in [-0.4, -0.2) is 55.0 Å². The Kier molecular flexibility index (Phi) is 5.69. The highest BCUT2D eigenvalue weighted by Gasteiger charge is 2.38. The number of nitrogens with zero attached hydrogens (tertiary/aromatic N) is 1. The van der Waals surface area contributed by atoms with E-state index in [1.165, 1.54) is 0 Å². The average molecular weight is 406 g/mol. The molecule has 1 heterocycles. The first-order valence-electron chi connectivity index (χ1n) is 8.79. The molecule has 1 fully saturated rings. The lowest BCUT2D eigenvalue weighted by Crippen LogP contribution is -2.44. The van der Waals surface area contributed by atoms with Crippen LogP contribution in [0.15, 0.2) is 42.5 Å². The molecule has 4 rings (SSSR count). The molecule has 9 heteroatoms. The second-order valence-electron chi connectivity index (χ2n) is 6.44. The quantitative estimate of drug-likeness (QED) is 0.646. The minimum absolute atomic E-state index is 0.0423. The van der Waals surface area contributed by atoms with Gasteiger partial charge in [-0.1, -0.05) is 36.4 Å². The van der Waals surface area contributed by atoms with E-state index in [0.29, 0.717) is 22.3 Å². The van der Waals surface area contributed by atoms with Crippen LogP contribution >= 0.6 is 0 Å². The van der Waals surface area contributed by atoms with Crippen LogP contribution in [0.1, 0.15) is 31.8 Å². The number of aliphatic carboxylic acids is 1. The van der Waals surface area contributed by atoms with Gasteiger partial charge in [-0.25, -0.2) is 4.79 Å². The third-order valence-corrected chi connectivity index (χ3v) is 4.63. The van der Waals surface area contributed by atoms with Crippen molar-refractivity contribution in [2.24, 2.45) is 0 Å². The van der Waals surface area contributed by atoms with Crippen molar-refractivity contribution in [1.29, 1.82) is 0 Å². The lowest BCUT2D eigenvalue weighted by Gasteiger charge is -2.32. The first-order chi connectivity index (χ1) is 13.7. The Hall–Kier alpha value is -3.20. The number of fused-ring (bicyclic) bond motifs is 2. The normalized spacial score (nSPS) is 15.8. The van der Waals surface area contributed by atoms with E-state index in [9.17, 15) is 22.8 Å². The zero-order valence-corrected chi connectivity index (χ0v) is 15.1. The van der Waals surface area contributed by atoms with Crippen molar-refractivity contribution in [1.82, 2.24) is 5.32 Å². The highest BCUT2D eigenvalue weighted by molar-refractivity contribution is 6.30. The summed E-state index contributed by atoms with van der Waals surface area (Å²) in [4.78, 5) is 36.7. The molecule has 2 aliphatic rings. The van der Waals surface area contributed by atoms with E-state index in [4.69, 9.17) is 9.90 Å². The fourth-order valence-corrected chi connectivity index (χ4v) is 3.30. The molecule has 29 heavy (non-hydrogen) atoms. The van der Waals surface area contributed by atoms with Gasteiger partial charge >= 0.3 is 12.1 Å². The topological polar surface area (TPSA) is 86.7 Å². The Labute approximate surface area is 163 Å². The Morgan fingerprint density at radius 3 is 1.97 bits per heavy atom. The molecule has 0 unspecified atom stereocenters. The van der Waals surface area contributed by atoms with Gasteiger partial charge in [0.05, 0.1) is 5.56 Å². The lowest BCUT2D eigenvalue weighted by molar-refractivity contribution is -0.192. The number of hydrogen-bond donors (Lipinski definition) is 2. The molecule has 1 saturated heterocycles. The largest absolute Gasteiger partial charge is 0.490 e. The summed E-state index contributed by atoms with van der Waals surface area (Å²) in [5, 5.41) is 10.4. The number of carbonyl (C=O) groups is 3. The van der Waals surface area contributed by atoms with Gasteiger partial charge in [0.1, 0.15) is 0 Å². The maximum atomic E-state index is 12.9. The van der Waals surface area contributed by atoms with Crippen LogP contribution in [0, 0.1) is 0 Å². The van der Waals surface area contributed by atoms with Crippen LogP contribution < -0.4 is 10.2 Å². The van der Waals surface area contributed by atoms with Crippen molar-refractivity contribution in [3.8, 4) is 0 Å². The molecule has 1 aliphatic carbocycles. The standard InChI is InChI=1S/C18H16N2O2.C2HF3O2/c21-17-12-4-1-2-5-13(12)18(22)16-14(17)6-3-7-15(16)20-10-8-19-9-11-20;3-2(4,5)1(6)7/h1-7,19H,8-11H2;(H,6,7). The van der Waals surface area contributed by atoms with Crippen LogP contribution in [0.25, 0.3) is 0 Å². The van der Waals surface area contributed by atoms with E-state index in [-0.39, 0.29) is 11.6 Å². The molecule has 0 saturated carbocycles. The summed E-state index contributed by atoms with van der Waals surface area (Å²) >= 11 is 0. The van der Waals surface area contributed by atoms with Crippen LogP contribution in [0.4, 0.5) is 18.9 Å². The smallest absolute Gasteiger partial charge is 0.475 e. The number of piperazine rings is 1. The summed E-state index contributed by atoms with van der Waals surface area (Å²) < 4.78 is 31.7. The van der Waals surface area contributed by atoms with Crippen molar-refractivity contribution in [2.45, 2.75) is 6.18 Å². The van der Waals surface area contributed by atoms with Gasteiger partial charge in [-0.3, -0.25) is 9.59 Å². The highest BCUT2D eigenvalue weighted by Crippen LogP contribution is 2.33. The maximum Gasteiger partial charge on any atom is 0.490 e. The number of nitrogens with one attached hydrogen (secondary N) is 1. The van der Waals surface area contributed by atoms with Gasteiger partial charge < -0.3 is 15.3 Å². The Morgan fingerprint density at radius 1 is 0.897 bits per heavy atom. The van der Waals surface area contributed by atoms with Crippen LogP contribution in [0.5, 0.6) is 0 Å². The summed E-state index contributed by atoms with van der Waals surface area (Å²) in [6.45, 7) is 3.48. The van der Waals surface area contributed by atoms with Crippen molar-refractivity contribution in [3.05, 3.63) is 64.7 Å². The molecule has 0 atom stereocenters. The van der Waals surface area contributed by atoms with Gasteiger partial charge in [0.2, 0.25) is 0 Å². The number of rotatable bonds is 1. The molecule has 152 valence electrons. The molecule has 6 nitrogen and oxygen atoms in total. The second kappa shape index (κ2) is 8.04. The average Bonchev–Trinajstić information content (AvgIpc) is 2.72. The van der Waals surface area contributed by atoms with E-state index in [2.05, 4.69) is 10.2 Å². The van der Waals surface area contributed by atoms with Gasteiger partial charge in [-0.2, -0.15) is 13.2 Å². The molecule has 2 aromatic carbocycles. The zero-order valence-electron chi connectivity index (χ0n) is 15.1. The van der Waals surface area contributed by atoms with Crippen molar-refractivity contribution < 1.29 is 32.7 Å². The molecule has 2 N–H and O–H groups in total. The summed E-state index contributed by atoms with van der Waals surface area (Å²) in [6, 6.07) is 12.7. The number of halogens is 3. The number of hydrogen-bond acceptors (Lipinski definition) is 5. The molecular formula is C20H17F3N2O4. The summed E-state index contributed by atoms with van der Waals surface area (Å²) in [5.74, 6) is -2.85. The van der Waals surface area contributed by atoms with Crippen molar-refractivity contribution >= 4 is 23.2 Å². The minimum atomic E-state index is -5.08. The van der Waals surface area contributed by atoms with Gasteiger partial charge in [-0.15, -0.1) is 0 Å². The lowest BCUT2D eigenvalue weighted by atomic mass is 9.83. The number of anilines is 1. The predicted molar refractivity (Wildman–Crippen MR) is 98.5 cm³/mol. The number of ketones is 2. The predicted octanol–water partition coefficient (Wildman–Crippen LogP) is 2.50. The number of carbonyl (C=O) groups excluding carboxylic acids is 2. The summed E-state index contributed by atoms with van der Waals surface area (Å²) in [6.07, 6.45) is -5.08. The van der Waals surface area contributed by atoms with E-state index in [1.54, 1.807) is 24.3 Å². The monoisotopic (exact) mass is 406 g/mol. The Bertz CT molecular complexity index is 966. The molecule has 0 spiro atoms. The highest BCUT2D eigenvalue weighted by atomic mass is 19.4. The van der Waals surface area contributed by atoms with Gasteiger partial charge in [0, 0.05) is 48.6 Å². The molecule has 2 aromatic rings. The first kappa shape index (κ1) is 20.5. The Balaban J connectivity index is 0.000000298. The molecule has 0 radical (unpaired) electrons. The third kappa shape index (κ3) is 4.14. The van der Waals surface area contributed by atoms with Gasteiger partial charge in [-0.05, 0) is 6.07 Å². The maximum absolute atomic E-state index is 12.9. The van der Waals surface area contributed by atoms with Crippen LogP contribution in [0.2, 0.25) is 0 Å². The van der Waals surface area contributed by atoms with E-state index < -0.39 is 12.1 Å². The summed E-state index contributed by atoms with van der Waals surface area (Å²) in [7, 11) is 0. The number of alkyl halides is 3. The van der Waals surface area contributed by atoms with Crippen LogP contribution in [-0.2, 0) is 4.79 Å². The molecule has 0 bridgehead atoms. The zero-order chi connectivity index (χ0) is 21.2. The third-order valence-electron chi connectivity index (χ3n) is 4.63. The SMILES string of the molecule is O=C(O)C(F)(F)F.O=C1c2ccccc2C(=O)c2c1cccc2N1CCNCC1. The number of carboxylic acids is 1. The van der Waals surface area contributed by atoms with Crippen LogP contribution in [0.3, 0.4) is 0 Å². The fraction of sp³-hybridized carbons (Fsp3) is 0.250. The van der Waals surface area contributed by atoms with Gasteiger partial charge in [0.15, 0.2) is 11.6 Å². The number of carboxylic acid groups (broad SMARTS) is 1. The van der Waals surface area contributed by atoms with E-state index in [0.717, 1.165) is 31.9 Å². The van der Waals surface area contributed by atoms with Gasteiger partial charge in [0.25, 0.3) is 0 Å². The fourth-order valence-electron chi connectivity index (χ4n) is 3.30.